The number of fused-ring (bicyclic) bond motifs is 1. The van der Waals surface area contributed by atoms with Crippen molar-refractivity contribution in [1.82, 2.24) is 19.6 Å². The number of imidazole rings is 1. The van der Waals surface area contributed by atoms with Crippen molar-refractivity contribution in [3.8, 4) is 0 Å². The summed E-state index contributed by atoms with van der Waals surface area (Å²) >= 11 is 0. The Labute approximate surface area is 185 Å². The zero-order valence-electron chi connectivity index (χ0n) is 17.7. The van der Waals surface area contributed by atoms with Crippen LogP contribution in [-0.2, 0) is 0 Å². The molecule has 168 valence electrons. The zero-order chi connectivity index (χ0) is 22.1. The molecule has 0 saturated heterocycles. The van der Waals surface area contributed by atoms with E-state index in [4.69, 9.17) is 5.73 Å². The van der Waals surface area contributed by atoms with Crippen molar-refractivity contribution in [2.75, 3.05) is 22.6 Å². The number of carbonyl (C=O) groups excluding carboxylic acids is 1. The highest BCUT2D eigenvalue weighted by Crippen LogP contribution is 2.35. The Bertz CT molecular complexity index is 1090. The van der Waals surface area contributed by atoms with Gasteiger partial charge in [0.05, 0.1) is 11.9 Å². The van der Waals surface area contributed by atoms with Crippen LogP contribution in [0.25, 0.3) is 5.65 Å². The van der Waals surface area contributed by atoms with Gasteiger partial charge >= 0.3 is 0 Å². The number of pyridine rings is 1. The Morgan fingerprint density at radius 1 is 1.19 bits per heavy atom. The Morgan fingerprint density at radius 2 is 1.97 bits per heavy atom. The molecule has 3 heterocycles. The fraction of sp³-hybridized carbons (Fsp3) is 0.455. The van der Waals surface area contributed by atoms with Crippen LogP contribution >= 0.6 is 0 Å². The molecule has 2 aliphatic carbocycles. The predicted octanol–water partition coefficient (Wildman–Crippen LogP) is 1.85. The van der Waals surface area contributed by atoms with Gasteiger partial charge in [0.2, 0.25) is 0 Å². The van der Waals surface area contributed by atoms with Crippen LogP contribution < -0.4 is 21.7 Å². The Kier molecular flexibility index (Phi) is 5.62. The first-order valence-electron chi connectivity index (χ1n) is 11.1. The third-order valence-corrected chi connectivity index (χ3v) is 6.26. The van der Waals surface area contributed by atoms with Gasteiger partial charge in [-0.15, -0.1) is 5.10 Å². The number of aliphatic hydroxyl groups is 1. The molecule has 2 fully saturated rings. The highest BCUT2D eigenvalue weighted by molar-refractivity contribution is 6.03. The molecule has 2 atom stereocenters. The van der Waals surface area contributed by atoms with Crippen molar-refractivity contribution in [2.24, 2.45) is 11.7 Å². The summed E-state index contributed by atoms with van der Waals surface area (Å²) in [5.74, 6) is 0.615. The van der Waals surface area contributed by atoms with Gasteiger partial charge < -0.3 is 26.8 Å². The highest BCUT2D eigenvalue weighted by Gasteiger charge is 2.37. The first kappa shape index (κ1) is 20.7. The number of aliphatic hydroxyl groups excluding tert-OH is 1. The quantitative estimate of drug-likeness (QED) is 0.378. The molecule has 0 aromatic carbocycles. The molecule has 32 heavy (non-hydrogen) atoms. The second-order valence-corrected chi connectivity index (χ2v) is 8.70. The van der Waals surface area contributed by atoms with Crippen molar-refractivity contribution in [1.29, 1.82) is 0 Å². The van der Waals surface area contributed by atoms with E-state index >= 15 is 0 Å². The Balaban J connectivity index is 1.45. The van der Waals surface area contributed by atoms with Gasteiger partial charge in [0, 0.05) is 54.8 Å². The maximum absolute atomic E-state index is 13.0. The van der Waals surface area contributed by atoms with Gasteiger partial charge in [-0.1, -0.05) is 0 Å². The number of hydrogen-bond acceptors (Lipinski definition) is 8. The smallest absolute Gasteiger partial charge is 0.276 e. The normalized spacial score (nSPS) is 24.8. The van der Waals surface area contributed by atoms with E-state index in [1.165, 1.54) is 6.20 Å². The lowest BCUT2D eigenvalue weighted by atomic mass is 9.92. The number of anilines is 3. The van der Waals surface area contributed by atoms with Crippen LogP contribution in [0.3, 0.4) is 0 Å². The van der Waals surface area contributed by atoms with Gasteiger partial charge in [-0.3, -0.25) is 9.78 Å². The van der Waals surface area contributed by atoms with Crippen LogP contribution in [0.5, 0.6) is 0 Å². The van der Waals surface area contributed by atoms with Crippen molar-refractivity contribution < 1.29 is 9.90 Å². The fourth-order valence-corrected chi connectivity index (χ4v) is 4.23. The van der Waals surface area contributed by atoms with Crippen LogP contribution in [0.4, 0.5) is 17.2 Å². The molecule has 3 aromatic rings. The molecule has 0 bridgehead atoms. The average Bonchev–Trinajstić information content (AvgIpc) is 3.41. The Morgan fingerprint density at radius 3 is 2.69 bits per heavy atom. The molecule has 2 aliphatic rings. The van der Waals surface area contributed by atoms with E-state index in [1.807, 2.05) is 6.07 Å². The molecule has 0 spiro atoms. The SMILES string of the molecule is N[C@H]1CC[C@H](Nc2cc(NC3C[C@@H]3CO)c3ncc(C(=O)Nc4ccncc4)n3n2)CC1. The molecule has 2 saturated carbocycles. The van der Waals surface area contributed by atoms with Crippen LogP contribution in [0.2, 0.25) is 0 Å². The lowest BCUT2D eigenvalue weighted by Crippen LogP contribution is -2.33. The average molecular weight is 437 g/mol. The molecule has 1 unspecified atom stereocenters. The monoisotopic (exact) mass is 436 g/mol. The molecule has 10 heteroatoms. The minimum Gasteiger partial charge on any atom is -0.396 e. The summed E-state index contributed by atoms with van der Waals surface area (Å²) in [4.78, 5) is 21.4. The summed E-state index contributed by atoms with van der Waals surface area (Å²) in [6.07, 6.45) is 9.61. The van der Waals surface area contributed by atoms with E-state index in [-0.39, 0.29) is 36.6 Å². The molecule has 10 nitrogen and oxygen atoms in total. The maximum Gasteiger partial charge on any atom is 0.276 e. The van der Waals surface area contributed by atoms with E-state index in [1.54, 1.807) is 29.0 Å². The number of rotatable bonds is 7. The number of hydrogen-bond donors (Lipinski definition) is 5. The summed E-state index contributed by atoms with van der Waals surface area (Å²) in [7, 11) is 0. The molecule has 0 aliphatic heterocycles. The molecular formula is C22H28N8O2. The van der Waals surface area contributed by atoms with E-state index in [2.05, 4.69) is 31.0 Å². The molecule has 3 aromatic heterocycles. The van der Waals surface area contributed by atoms with Crippen LogP contribution in [0.15, 0.2) is 36.8 Å². The minimum atomic E-state index is -0.303. The van der Waals surface area contributed by atoms with Crippen molar-refractivity contribution in [3.05, 3.63) is 42.5 Å². The number of nitrogens with two attached hydrogens (primary N) is 1. The van der Waals surface area contributed by atoms with E-state index in [0.717, 1.165) is 37.8 Å². The summed E-state index contributed by atoms with van der Waals surface area (Å²) in [5.41, 5.74) is 8.39. The molecule has 0 radical (unpaired) electrons. The van der Waals surface area contributed by atoms with Gasteiger partial charge in [-0.05, 0) is 44.2 Å². The van der Waals surface area contributed by atoms with Gasteiger partial charge in [0.15, 0.2) is 11.3 Å². The lowest BCUT2D eigenvalue weighted by Gasteiger charge is -2.27. The number of aromatic nitrogens is 4. The summed E-state index contributed by atoms with van der Waals surface area (Å²) in [6, 6.07) is 6.14. The Hall–Kier alpha value is -3.24. The van der Waals surface area contributed by atoms with E-state index < -0.39 is 0 Å². The third kappa shape index (κ3) is 4.37. The largest absolute Gasteiger partial charge is 0.396 e. The standard InChI is InChI=1S/C22H28N8O2/c23-14-1-3-15(4-2-14)26-20-10-18(28-17-9-13(17)12-31)21-25-11-19(30(21)29-20)22(32)27-16-5-7-24-8-6-16/h5-8,10-11,13-15,17,28,31H,1-4,9,12,23H2,(H,26,29)(H,24,27,32)/t13-,14-,15-,17?/m1/s1. The number of carbonyl (C=O) groups is 1. The van der Waals surface area contributed by atoms with Gasteiger partial charge in [-0.2, -0.15) is 0 Å². The van der Waals surface area contributed by atoms with Crippen LogP contribution in [0, 0.1) is 5.92 Å². The molecular weight excluding hydrogens is 408 g/mol. The van der Waals surface area contributed by atoms with E-state index in [0.29, 0.717) is 22.8 Å². The van der Waals surface area contributed by atoms with Gasteiger partial charge in [0.25, 0.3) is 5.91 Å². The second-order valence-electron chi connectivity index (χ2n) is 8.70. The zero-order valence-corrected chi connectivity index (χ0v) is 17.7. The van der Waals surface area contributed by atoms with Gasteiger partial charge in [0.1, 0.15) is 5.82 Å². The summed E-state index contributed by atoms with van der Waals surface area (Å²) < 4.78 is 1.58. The lowest BCUT2D eigenvalue weighted by molar-refractivity contribution is 0.102. The molecule has 6 N–H and O–H groups in total. The minimum absolute atomic E-state index is 0.153. The first-order chi connectivity index (χ1) is 15.6. The van der Waals surface area contributed by atoms with Crippen LogP contribution in [-0.4, -0.2) is 55.3 Å². The maximum atomic E-state index is 13.0. The van der Waals surface area contributed by atoms with Crippen molar-refractivity contribution in [2.45, 2.75) is 50.2 Å². The van der Waals surface area contributed by atoms with Gasteiger partial charge in [-0.25, -0.2) is 9.50 Å². The first-order valence-corrected chi connectivity index (χ1v) is 11.1. The summed E-state index contributed by atoms with van der Waals surface area (Å²) in [5, 5.41) is 24.0. The second kappa shape index (κ2) is 8.71. The number of amides is 1. The number of nitrogens with one attached hydrogen (secondary N) is 3. The van der Waals surface area contributed by atoms with Crippen molar-refractivity contribution >= 4 is 28.7 Å². The molecule has 1 amide bonds. The predicted molar refractivity (Wildman–Crippen MR) is 122 cm³/mol. The topological polar surface area (TPSA) is 142 Å². The third-order valence-electron chi connectivity index (χ3n) is 6.26. The fourth-order valence-electron chi connectivity index (χ4n) is 4.23. The van der Waals surface area contributed by atoms with Crippen LogP contribution in [0.1, 0.15) is 42.6 Å². The number of nitrogens with zero attached hydrogens (tertiary/aromatic N) is 4. The highest BCUT2D eigenvalue weighted by atomic mass is 16.3. The van der Waals surface area contributed by atoms with E-state index in [9.17, 15) is 9.90 Å². The summed E-state index contributed by atoms with van der Waals surface area (Å²) in [6.45, 7) is 0.153. The molecule has 5 rings (SSSR count). The van der Waals surface area contributed by atoms with Crippen molar-refractivity contribution in [3.63, 3.8) is 0 Å².